The third-order valence-electron chi connectivity index (χ3n) is 3.39. The third-order valence-corrected chi connectivity index (χ3v) is 3.39. The number of carbonyl (C=O) groups excluding carboxylic acids is 1. The van der Waals surface area contributed by atoms with Crippen molar-refractivity contribution >= 4 is 11.9 Å². The van der Waals surface area contributed by atoms with E-state index in [2.05, 4.69) is 5.32 Å². The molecule has 1 amide bonds. The van der Waals surface area contributed by atoms with Gasteiger partial charge in [0, 0.05) is 13.0 Å². The van der Waals surface area contributed by atoms with Crippen LogP contribution >= 0.6 is 0 Å². The molecule has 0 aromatic heterocycles. The second-order valence-corrected chi connectivity index (χ2v) is 5.75. The monoisotopic (exact) mass is 272 g/mol. The average molecular weight is 272 g/mol. The molecule has 0 aliphatic rings. The van der Waals surface area contributed by atoms with Crippen LogP contribution in [-0.4, -0.2) is 29.6 Å². The molecule has 0 saturated carbocycles. The van der Waals surface area contributed by atoms with Crippen LogP contribution in [0.1, 0.15) is 47.0 Å². The number of rotatable bonds is 9. The van der Waals surface area contributed by atoms with Crippen molar-refractivity contribution in [2.75, 3.05) is 6.54 Å². The van der Waals surface area contributed by atoms with Gasteiger partial charge in [-0.25, -0.2) is 0 Å². The zero-order valence-corrected chi connectivity index (χ0v) is 12.5. The van der Waals surface area contributed by atoms with E-state index in [1.807, 2.05) is 27.7 Å². The number of hydrogen-bond donors (Lipinski definition) is 3. The Kier molecular flexibility index (Phi) is 8.39. The summed E-state index contributed by atoms with van der Waals surface area (Å²) in [7, 11) is 0. The lowest BCUT2D eigenvalue weighted by atomic mass is 9.93. The summed E-state index contributed by atoms with van der Waals surface area (Å²) < 4.78 is 0. The molecule has 0 rings (SSSR count). The molecule has 112 valence electrons. The Balaban J connectivity index is 4.29. The van der Waals surface area contributed by atoms with Crippen LogP contribution < -0.4 is 11.1 Å². The highest BCUT2D eigenvalue weighted by Crippen LogP contribution is 2.15. The van der Waals surface area contributed by atoms with Gasteiger partial charge in [0.1, 0.15) is 0 Å². The molecular formula is C14H28N2O3. The fourth-order valence-electron chi connectivity index (χ4n) is 2.03. The minimum absolute atomic E-state index is 0.0365. The number of aliphatic carboxylic acids is 1. The van der Waals surface area contributed by atoms with Crippen molar-refractivity contribution in [1.82, 2.24) is 5.32 Å². The molecule has 5 nitrogen and oxygen atoms in total. The number of carbonyl (C=O) groups is 2. The van der Waals surface area contributed by atoms with Crippen LogP contribution in [0.25, 0.3) is 0 Å². The normalized spacial score (nSPS) is 15.9. The van der Waals surface area contributed by atoms with Crippen LogP contribution in [0.15, 0.2) is 0 Å². The Morgan fingerprint density at radius 2 is 1.84 bits per heavy atom. The van der Waals surface area contributed by atoms with Crippen LogP contribution in [0.4, 0.5) is 0 Å². The van der Waals surface area contributed by atoms with Crippen LogP contribution in [0.3, 0.4) is 0 Å². The zero-order valence-electron chi connectivity index (χ0n) is 12.5. The largest absolute Gasteiger partial charge is 0.481 e. The molecule has 0 bridgehead atoms. The van der Waals surface area contributed by atoms with Crippen molar-refractivity contribution in [3.63, 3.8) is 0 Å². The number of nitrogens with one attached hydrogen (secondary N) is 1. The molecule has 0 aliphatic carbocycles. The van der Waals surface area contributed by atoms with Crippen molar-refractivity contribution in [2.45, 2.75) is 53.0 Å². The second-order valence-electron chi connectivity index (χ2n) is 5.75. The van der Waals surface area contributed by atoms with Gasteiger partial charge in [-0.1, -0.05) is 34.1 Å². The average Bonchev–Trinajstić information content (AvgIpc) is 2.32. The van der Waals surface area contributed by atoms with Gasteiger partial charge < -0.3 is 16.2 Å². The van der Waals surface area contributed by atoms with Gasteiger partial charge in [-0.3, -0.25) is 9.59 Å². The molecule has 4 N–H and O–H groups in total. The van der Waals surface area contributed by atoms with Gasteiger partial charge in [0.2, 0.25) is 5.91 Å². The van der Waals surface area contributed by atoms with E-state index in [9.17, 15) is 9.59 Å². The van der Waals surface area contributed by atoms with E-state index in [0.29, 0.717) is 12.5 Å². The topological polar surface area (TPSA) is 92.4 Å². The summed E-state index contributed by atoms with van der Waals surface area (Å²) in [6.45, 7) is 8.40. The molecule has 0 heterocycles. The molecular weight excluding hydrogens is 244 g/mol. The lowest BCUT2D eigenvalue weighted by molar-refractivity contribution is -0.138. The van der Waals surface area contributed by atoms with Crippen molar-refractivity contribution in [3.05, 3.63) is 0 Å². The van der Waals surface area contributed by atoms with Gasteiger partial charge in [0.25, 0.3) is 0 Å². The molecule has 0 aromatic rings. The van der Waals surface area contributed by atoms with E-state index in [1.165, 1.54) is 0 Å². The lowest BCUT2D eigenvalue weighted by Gasteiger charge is -2.21. The summed E-state index contributed by atoms with van der Waals surface area (Å²) in [5, 5.41) is 11.6. The summed E-state index contributed by atoms with van der Waals surface area (Å²) in [5.41, 5.74) is 5.83. The van der Waals surface area contributed by atoms with Gasteiger partial charge in [-0.2, -0.15) is 0 Å². The Morgan fingerprint density at radius 3 is 2.26 bits per heavy atom. The Hall–Kier alpha value is -1.10. The number of hydrogen-bond acceptors (Lipinski definition) is 3. The van der Waals surface area contributed by atoms with Crippen molar-refractivity contribution in [1.29, 1.82) is 0 Å². The number of nitrogens with two attached hydrogens (primary N) is 1. The van der Waals surface area contributed by atoms with Crippen LogP contribution in [0.5, 0.6) is 0 Å². The van der Waals surface area contributed by atoms with Crippen LogP contribution in [0.2, 0.25) is 0 Å². The maximum Gasteiger partial charge on any atom is 0.303 e. The molecule has 3 atom stereocenters. The van der Waals surface area contributed by atoms with Gasteiger partial charge in [-0.15, -0.1) is 0 Å². The molecule has 5 heteroatoms. The predicted molar refractivity (Wildman–Crippen MR) is 75.6 cm³/mol. The molecule has 0 aliphatic heterocycles. The highest BCUT2D eigenvalue weighted by atomic mass is 16.4. The summed E-state index contributed by atoms with van der Waals surface area (Å²) in [6.07, 6.45) is 1.71. The third kappa shape index (κ3) is 7.82. The van der Waals surface area contributed by atoms with Crippen LogP contribution in [0, 0.1) is 17.8 Å². The molecule has 0 fully saturated rings. The first kappa shape index (κ1) is 17.9. The van der Waals surface area contributed by atoms with Crippen molar-refractivity contribution in [3.8, 4) is 0 Å². The first-order valence-corrected chi connectivity index (χ1v) is 7.02. The minimum Gasteiger partial charge on any atom is -0.481 e. The first-order valence-electron chi connectivity index (χ1n) is 7.02. The van der Waals surface area contributed by atoms with Gasteiger partial charge in [0.05, 0.1) is 6.04 Å². The van der Waals surface area contributed by atoms with E-state index in [0.717, 1.165) is 12.8 Å². The molecule has 0 aromatic carbocycles. The quantitative estimate of drug-likeness (QED) is 0.594. The van der Waals surface area contributed by atoms with E-state index in [4.69, 9.17) is 10.8 Å². The SMILES string of the molecule is CC[C@H](C)[C@H](N)C(=O)NC[C@H](CC(=O)O)CC(C)C. The molecule has 0 saturated heterocycles. The number of amides is 1. The highest BCUT2D eigenvalue weighted by Gasteiger charge is 2.21. The highest BCUT2D eigenvalue weighted by molar-refractivity contribution is 5.81. The molecule has 19 heavy (non-hydrogen) atoms. The van der Waals surface area contributed by atoms with E-state index in [1.54, 1.807) is 0 Å². The van der Waals surface area contributed by atoms with E-state index in [-0.39, 0.29) is 24.2 Å². The minimum atomic E-state index is -0.828. The zero-order chi connectivity index (χ0) is 15.0. The Bertz CT molecular complexity index is 292. The summed E-state index contributed by atoms with van der Waals surface area (Å²) in [5.74, 6) is -0.516. The Morgan fingerprint density at radius 1 is 1.26 bits per heavy atom. The second kappa shape index (κ2) is 8.91. The lowest BCUT2D eigenvalue weighted by Crippen LogP contribution is -2.46. The van der Waals surface area contributed by atoms with E-state index >= 15 is 0 Å². The van der Waals surface area contributed by atoms with Crippen molar-refractivity contribution < 1.29 is 14.7 Å². The first-order chi connectivity index (χ1) is 8.77. The van der Waals surface area contributed by atoms with Gasteiger partial charge in [0.15, 0.2) is 0 Å². The maximum atomic E-state index is 11.8. The molecule has 0 radical (unpaired) electrons. The maximum absolute atomic E-state index is 11.8. The fourth-order valence-corrected chi connectivity index (χ4v) is 2.03. The fraction of sp³-hybridized carbons (Fsp3) is 0.857. The smallest absolute Gasteiger partial charge is 0.303 e. The number of carboxylic acid groups (broad SMARTS) is 1. The van der Waals surface area contributed by atoms with Crippen LogP contribution in [-0.2, 0) is 9.59 Å². The molecule has 0 unspecified atom stereocenters. The molecule has 0 spiro atoms. The summed E-state index contributed by atoms with van der Waals surface area (Å²) >= 11 is 0. The van der Waals surface area contributed by atoms with Gasteiger partial charge >= 0.3 is 5.97 Å². The number of carboxylic acids is 1. The summed E-state index contributed by atoms with van der Waals surface area (Å²) in [4.78, 5) is 22.6. The predicted octanol–water partition coefficient (Wildman–Crippen LogP) is 1.61. The Labute approximate surface area is 115 Å². The summed E-state index contributed by atoms with van der Waals surface area (Å²) in [6, 6.07) is -0.519. The van der Waals surface area contributed by atoms with E-state index < -0.39 is 12.0 Å². The standard InChI is InChI=1S/C14H28N2O3/c1-5-10(4)13(15)14(19)16-8-11(6-9(2)3)7-12(17)18/h9-11,13H,5-8,15H2,1-4H3,(H,16,19)(H,17,18)/t10-,11-,13-/m0/s1. The van der Waals surface area contributed by atoms with Gasteiger partial charge in [-0.05, 0) is 24.2 Å². The van der Waals surface area contributed by atoms with Crippen molar-refractivity contribution in [2.24, 2.45) is 23.5 Å².